The standard InChI is InChI=1S/C15H18N2/c1-2-7-15(12-16)13-17-11-6-10-14-8-4-3-5-9-14/h2-10,12-13,16-17H,11H2,1H3/b7-2+,10-6+,15-13-,16-12?. The van der Waals surface area contributed by atoms with Crippen LogP contribution in [0.4, 0.5) is 0 Å². The maximum atomic E-state index is 7.18. The van der Waals surface area contributed by atoms with Gasteiger partial charge in [-0.25, -0.2) is 0 Å². The second-order valence-electron chi connectivity index (χ2n) is 3.51. The van der Waals surface area contributed by atoms with Gasteiger partial charge in [-0.2, -0.15) is 0 Å². The molecule has 0 saturated carbocycles. The highest BCUT2D eigenvalue weighted by Gasteiger charge is 1.84. The molecule has 1 aromatic rings. The van der Waals surface area contributed by atoms with Crippen LogP contribution in [0.1, 0.15) is 12.5 Å². The van der Waals surface area contributed by atoms with Gasteiger partial charge in [-0.05, 0) is 12.5 Å². The van der Waals surface area contributed by atoms with Gasteiger partial charge < -0.3 is 10.7 Å². The Bertz CT molecular complexity index is 414. The molecule has 2 N–H and O–H groups in total. The lowest BCUT2D eigenvalue weighted by atomic mass is 10.2. The summed E-state index contributed by atoms with van der Waals surface area (Å²) in [5.74, 6) is 0. The summed E-state index contributed by atoms with van der Waals surface area (Å²) in [7, 11) is 0. The molecule has 0 atom stereocenters. The molecule has 2 heteroatoms. The van der Waals surface area contributed by atoms with E-state index in [-0.39, 0.29) is 0 Å². The maximum absolute atomic E-state index is 7.18. The predicted octanol–water partition coefficient (Wildman–Crippen LogP) is 3.40. The molecule has 0 aliphatic heterocycles. The molecule has 0 aliphatic rings. The van der Waals surface area contributed by atoms with Crippen LogP contribution in [-0.4, -0.2) is 12.8 Å². The van der Waals surface area contributed by atoms with Gasteiger partial charge in [-0.3, -0.25) is 0 Å². The summed E-state index contributed by atoms with van der Waals surface area (Å²) in [5.41, 5.74) is 2.06. The monoisotopic (exact) mass is 226 g/mol. The summed E-state index contributed by atoms with van der Waals surface area (Å²) in [5, 5.41) is 10.3. The summed E-state index contributed by atoms with van der Waals surface area (Å²) < 4.78 is 0. The van der Waals surface area contributed by atoms with Crippen molar-refractivity contribution in [1.82, 2.24) is 5.32 Å². The van der Waals surface area contributed by atoms with Crippen LogP contribution in [0.25, 0.3) is 6.08 Å². The van der Waals surface area contributed by atoms with Gasteiger partial charge in [0.2, 0.25) is 0 Å². The van der Waals surface area contributed by atoms with Gasteiger partial charge in [-0.15, -0.1) is 0 Å². The van der Waals surface area contributed by atoms with Crippen LogP contribution in [0.15, 0.2) is 60.3 Å². The van der Waals surface area contributed by atoms with Crippen molar-refractivity contribution >= 4 is 12.3 Å². The minimum atomic E-state index is 0.754. The van der Waals surface area contributed by atoms with Crippen LogP contribution in [0.5, 0.6) is 0 Å². The van der Waals surface area contributed by atoms with Crippen molar-refractivity contribution in [2.45, 2.75) is 6.92 Å². The average molecular weight is 226 g/mol. The third-order valence-electron chi connectivity index (χ3n) is 2.14. The SMILES string of the molecule is C/C=C/C(C=N)=C/NC/C=C/c1ccccc1. The van der Waals surface area contributed by atoms with Crippen LogP contribution < -0.4 is 5.32 Å². The first-order chi connectivity index (χ1) is 8.36. The van der Waals surface area contributed by atoms with Gasteiger partial charge in [0.05, 0.1) is 0 Å². The van der Waals surface area contributed by atoms with E-state index in [1.165, 1.54) is 11.8 Å². The Kier molecular flexibility index (Phi) is 6.19. The van der Waals surface area contributed by atoms with Crippen LogP contribution in [0.3, 0.4) is 0 Å². The highest BCUT2D eigenvalue weighted by atomic mass is 14.8. The van der Waals surface area contributed by atoms with Crippen molar-refractivity contribution in [3.05, 3.63) is 65.9 Å². The van der Waals surface area contributed by atoms with Crippen LogP contribution in [0, 0.1) is 5.41 Å². The molecule has 0 fully saturated rings. The van der Waals surface area contributed by atoms with E-state index in [1.807, 2.05) is 43.5 Å². The fourth-order valence-corrected chi connectivity index (χ4v) is 1.33. The maximum Gasteiger partial charge on any atom is 0.0328 e. The largest absolute Gasteiger partial charge is 0.387 e. The van der Waals surface area contributed by atoms with Gasteiger partial charge in [-0.1, -0.05) is 54.6 Å². The van der Waals surface area contributed by atoms with Crippen molar-refractivity contribution in [1.29, 1.82) is 5.41 Å². The summed E-state index contributed by atoms with van der Waals surface area (Å²) in [4.78, 5) is 0. The van der Waals surface area contributed by atoms with E-state index >= 15 is 0 Å². The molecule has 0 aliphatic carbocycles. The molecule has 2 nitrogen and oxygen atoms in total. The summed E-state index contributed by atoms with van der Waals surface area (Å²) >= 11 is 0. The molecule has 0 spiro atoms. The van der Waals surface area contributed by atoms with Crippen molar-refractivity contribution < 1.29 is 0 Å². The van der Waals surface area contributed by atoms with Crippen molar-refractivity contribution in [3.63, 3.8) is 0 Å². The van der Waals surface area contributed by atoms with Crippen molar-refractivity contribution in [2.24, 2.45) is 0 Å². The fourth-order valence-electron chi connectivity index (χ4n) is 1.33. The van der Waals surface area contributed by atoms with Crippen molar-refractivity contribution in [3.8, 4) is 0 Å². The number of rotatable bonds is 6. The third-order valence-corrected chi connectivity index (χ3v) is 2.14. The van der Waals surface area contributed by atoms with E-state index < -0.39 is 0 Å². The van der Waals surface area contributed by atoms with Gasteiger partial charge in [0.25, 0.3) is 0 Å². The number of hydrogen-bond donors (Lipinski definition) is 2. The lowest BCUT2D eigenvalue weighted by Crippen LogP contribution is -2.05. The zero-order valence-electron chi connectivity index (χ0n) is 10.1. The molecule has 0 bridgehead atoms. The highest BCUT2D eigenvalue weighted by molar-refractivity contribution is 5.79. The molecule has 0 aromatic heterocycles. The van der Waals surface area contributed by atoms with Gasteiger partial charge >= 0.3 is 0 Å². The lowest BCUT2D eigenvalue weighted by Gasteiger charge is -1.97. The Labute approximate surface area is 103 Å². The summed E-state index contributed by atoms with van der Waals surface area (Å²) in [6.07, 6.45) is 11.1. The Hall–Kier alpha value is -2.09. The van der Waals surface area contributed by atoms with Crippen LogP contribution in [0.2, 0.25) is 0 Å². The summed E-state index contributed by atoms with van der Waals surface area (Å²) in [6, 6.07) is 10.2. The molecule has 0 amide bonds. The molecular formula is C15H18N2. The second kappa shape index (κ2) is 8.11. The quantitative estimate of drug-likeness (QED) is 0.435. The molecule has 0 saturated heterocycles. The lowest BCUT2D eigenvalue weighted by molar-refractivity contribution is 0.985. The Morgan fingerprint density at radius 3 is 2.71 bits per heavy atom. The predicted molar refractivity (Wildman–Crippen MR) is 75.2 cm³/mol. The van der Waals surface area contributed by atoms with E-state index in [1.54, 1.807) is 0 Å². The van der Waals surface area contributed by atoms with E-state index in [9.17, 15) is 0 Å². The average Bonchev–Trinajstić information content (AvgIpc) is 2.38. The molecule has 88 valence electrons. The zero-order valence-corrected chi connectivity index (χ0v) is 10.1. The molecule has 1 rings (SSSR count). The molecule has 0 heterocycles. The van der Waals surface area contributed by atoms with E-state index in [0.717, 1.165) is 12.1 Å². The number of nitrogens with one attached hydrogen (secondary N) is 2. The number of allylic oxidation sites excluding steroid dienone is 3. The molecule has 0 unspecified atom stereocenters. The number of benzene rings is 1. The van der Waals surface area contributed by atoms with E-state index in [0.29, 0.717) is 0 Å². The first kappa shape index (κ1) is 13.0. The molecule has 0 radical (unpaired) electrons. The minimum Gasteiger partial charge on any atom is -0.387 e. The van der Waals surface area contributed by atoms with Gasteiger partial charge in [0, 0.05) is 24.5 Å². The zero-order chi connectivity index (χ0) is 12.3. The smallest absolute Gasteiger partial charge is 0.0328 e. The topological polar surface area (TPSA) is 35.9 Å². The minimum absolute atomic E-state index is 0.754. The molecule has 1 aromatic carbocycles. The normalized spacial score (nSPS) is 12.2. The Morgan fingerprint density at radius 1 is 1.29 bits per heavy atom. The molecular weight excluding hydrogens is 208 g/mol. The number of hydrogen-bond acceptors (Lipinski definition) is 2. The van der Waals surface area contributed by atoms with E-state index in [2.05, 4.69) is 29.6 Å². The molecule has 17 heavy (non-hydrogen) atoms. The Balaban J connectivity index is 2.38. The highest BCUT2D eigenvalue weighted by Crippen LogP contribution is 2.00. The van der Waals surface area contributed by atoms with Gasteiger partial charge in [0.1, 0.15) is 0 Å². The first-order valence-corrected chi connectivity index (χ1v) is 5.65. The fraction of sp³-hybridized carbons (Fsp3) is 0.133. The second-order valence-corrected chi connectivity index (χ2v) is 3.51. The third kappa shape index (κ3) is 5.52. The summed E-state index contributed by atoms with van der Waals surface area (Å²) in [6.45, 7) is 2.69. The van der Waals surface area contributed by atoms with Crippen LogP contribution >= 0.6 is 0 Å². The van der Waals surface area contributed by atoms with Crippen LogP contribution in [-0.2, 0) is 0 Å². The Morgan fingerprint density at radius 2 is 2.06 bits per heavy atom. The van der Waals surface area contributed by atoms with Gasteiger partial charge in [0.15, 0.2) is 0 Å². The first-order valence-electron chi connectivity index (χ1n) is 5.65. The van der Waals surface area contributed by atoms with E-state index in [4.69, 9.17) is 5.41 Å². The van der Waals surface area contributed by atoms with Crippen molar-refractivity contribution in [2.75, 3.05) is 6.54 Å².